The van der Waals surface area contributed by atoms with Gasteiger partial charge >= 0.3 is 0 Å². The van der Waals surface area contributed by atoms with E-state index in [2.05, 4.69) is 43.0 Å². The predicted octanol–water partition coefficient (Wildman–Crippen LogP) is 2.81. The third-order valence-corrected chi connectivity index (χ3v) is 4.82. The SMILES string of the molecule is CC(C)[C@@H]([NH2+]CC(=O)N(C)Cc1ccc(N(C)C)cc1)c1ccc(F)cc1. The molecule has 0 saturated heterocycles. The van der Waals surface area contributed by atoms with E-state index in [0.29, 0.717) is 19.0 Å². The molecule has 1 amide bonds. The molecule has 2 rings (SSSR count). The lowest BCUT2D eigenvalue weighted by Crippen LogP contribution is -2.88. The van der Waals surface area contributed by atoms with Crippen LogP contribution in [0.25, 0.3) is 0 Å². The van der Waals surface area contributed by atoms with Crippen molar-refractivity contribution in [3.8, 4) is 0 Å². The topological polar surface area (TPSA) is 40.2 Å². The summed E-state index contributed by atoms with van der Waals surface area (Å²) in [7, 11) is 5.85. The zero-order valence-electron chi connectivity index (χ0n) is 16.9. The van der Waals surface area contributed by atoms with Crippen LogP contribution < -0.4 is 10.2 Å². The number of quaternary nitrogens is 1. The Hall–Kier alpha value is -2.40. The minimum absolute atomic E-state index is 0.0828. The largest absolute Gasteiger partial charge is 0.378 e. The molecule has 0 aliphatic carbocycles. The number of anilines is 1. The molecule has 0 aliphatic rings. The summed E-state index contributed by atoms with van der Waals surface area (Å²) in [5, 5.41) is 2.05. The molecule has 1 atom stereocenters. The Bertz CT molecular complexity index is 726. The van der Waals surface area contributed by atoms with Crippen LogP contribution in [0, 0.1) is 11.7 Å². The molecule has 4 nitrogen and oxygen atoms in total. The molecule has 0 aromatic heterocycles. The Kier molecular flexibility index (Phi) is 7.36. The van der Waals surface area contributed by atoms with E-state index in [9.17, 15) is 9.18 Å². The lowest BCUT2D eigenvalue weighted by molar-refractivity contribution is -0.692. The minimum atomic E-state index is -0.239. The average molecular weight is 373 g/mol. The van der Waals surface area contributed by atoms with E-state index in [1.165, 1.54) is 12.1 Å². The number of carbonyl (C=O) groups excluding carboxylic acids is 1. The Morgan fingerprint density at radius 2 is 1.59 bits per heavy atom. The van der Waals surface area contributed by atoms with Crippen molar-refractivity contribution in [1.82, 2.24) is 4.90 Å². The van der Waals surface area contributed by atoms with Gasteiger partial charge in [0.25, 0.3) is 5.91 Å². The van der Waals surface area contributed by atoms with Crippen molar-refractivity contribution >= 4 is 11.6 Å². The van der Waals surface area contributed by atoms with Gasteiger partial charge in [0.05, 0.1) is 0 Å². The van der Waals surface area contributed by atoms with Gasteiger partial charge in [-0.05, 0) is 29.8 Å². The first kappa shape index (κ1) is 20.9. The molecule has 0 spiro atoms. The highest BCUT2D eigenvalue weighted by molar-refractivity contribution is 5.76. The number of nitrogens with two attached hydrogens (primary N) is 1. The van der Waals surface area contributed by atoms with Gasteiger partial charge in [-0.1, -0.05) is 38.1 Å². The summed E-state index contributed by atoms with van der Waals surface area (Å²) in [6.45, 7) is 5.19. The maximum atomic E-state index is 13.2. The van der Waals surface area contributed by atoms with Crippen molar-refractivity contribution in [3.05, 3.63) is 65.5 Å². The van der Waals surface area contributed by atoms with Gasteiger partial charge in [0.1, 0.15) is 11.9 Å². The summed E-state index contributed by atoms with van der Waals surface area (Å²) in [4.78, 5) is 16.4. The highest BCUT2D eigenvalue weighted by atomic mass is 19.1. The number of halogens is 1. The zero-order chi connectivity index (χ0) is 20.0. The van der Waals surface area contributed by atoms with Crippen molar-refractivity contribution < 1.29 is 14.5 Å². The van der Waals surface area contributed by atoms with E-state index < -0.39 is 0 Å². The van der Waals surface area contributed by atoms with Crippen LogP contribution in [0.2, 0.25) is 0 Å². The molecular formula is C22H31FN3O+. The van der Waals surface area contributed by atoms with Crippen molar-refractivity contribution in [2.45, 2.75) is 26.4 Å². The van der Waals surface area contributed by atoms with Crippen LogP contribution in [0.3, 0.4) is 0 Å². The van der Waals surface area contributed by atoms with Gasteiger partial charge in [-0.15, -0.1) is 0 Å². The van der Waals surface area contributed by atoms with Gasteiger partial charge in [-0.2, -0.15) is 0 Å². The van der Waals surface area contributed by atoms with Crippen LogP contribution in [0.1, 0.15) is 31.0 Å². The molecule has 0 saturated carbocycles. The molecule has 0 bridgehead atoms. The summed E-state index contributed by atoms with van der Waals surface area (Å²) >= 11 is 0. The van der Waals surface area contributed by atoms with Gasteiger partial charge < -0.3 is 15.1 Å². The Labute approximate surface area is 162 Å². The minimum Gasteiger partial charge on any atom is -0.378 e. The van der Waals surface area contributed by atoms with E-state index in [1.807, 2.05) is 26.5 Å². The number of nitrogens with zero attached hydrogens (tertiary/aromatic N) is 2. The van der Waals surface area contributed by atoms with Crippen LogP contribution in [0.4, 0.5) is 10.1 Å². The van der Waals surface area contributed by atoms with E-state index in [1.54, 1.807) is 17.0 Å². The molecule has 0 unspecified atom stereocenters. The van der Waals surface area contributed by atoms with E-state index in [-0.39, 0.29) is 17.8 Å². The maximum Gasteiger partial charge on any atom is 0.277 e. The van der Waals surface area contributed by atoms with Crippen LogP contribution in [-0.4, -0.2) is 38.5 Å². The molecule has 27 heavy (non-hydrogen) atoms. The molecule has 0 radical (unpaired) electrons. The van der Waals surface area contributed by atoms with Crippen LogP contribution >= 0.6 is 0 Å². The molecule has 2 aromatic carbocycles. The number of carbonyl (C=O) groups is 1. The van der Waals surface area contributed by atoms with Crippen molar-refractivity contribution in [2.24, 2.45) is 5.92 Å². The molecule has 0 fully saturated rings. The summed E-state index contributed by atoms with van der Waals surface area (Å²) in [6, 6.07) is 14.9. The number of benzene rings is 2. The predicted molar refractivity (Wildman–Crippen MR) is 108 cm³/mol. The number of rotatable bonds is 8. The van der Waals surface area contributed by atoms with Crippen LogP contribution in [0.15, 0.2) is 48.5 Å². The molecule has 2 aromatic rings. The van der Waals surface area contributed by atoms with E-state index in [0.717, 1.165) is 16.8 Å². The van der Waals surface area contributed by atoms with Gasteiger partial charge in [0.15, 0.2) is 6.54 Å². The van der Waals surface area contributed by atoms with Crippen LogP contribution in [0.5, 0.6) is 0 Å². The second-order valence-electron chi connectivity index (χ2n) is 7.57. The zero-order valence-corrected chi connectivity index (χ0v) is 16.9. The number of likely N-dealkylation sites (N-methyl/N-ethyl adjacent to an activating group) is 1. The Morgan fingerprint density at radius 1 is 1.00 bits per heavy atom. The highest BCUT2D eigenvalue weighted by Crippen LogP contribution is 2.18. The third-order valence-electron chi connectivity index (χ3n) is 4.82. The summed E-state index contributed by atoms with van der Waals surface area (Å²) in [5.74, 6) is 0.184. The highest BCUT2D eigenvalue weighted by Gasteiger charge is 2.21. The monoisotopic (exact) mass is 372 g/mol. The first-order chi connectivity index (χ1) is 12.8. The molecule has 0 aliphatic heterocycles. The average Bonchev–Trinajstić information content (AvgIpc) is 2.63. The number of hydrogen-bond acceptors (Lipinski definition) is 2. The van der Waals surface area contributed by atoms with Gasteiger partial charge in [0, 0.05) is 44.9 Å². The van der Waals surface area contributed by atoms with Gasteiger partial charge in [-0.3, -0.25) is 4.79 Å². The Morgan fingerprint density at radius 3 is 2.11 bits per heavy atom. The van der Waals surface area contributed by atoms with Crippen molar-refractivity contribution in [3.63, 3.8) is 0 Å². The third kappa shape index (κ3) is 6.07. The number of hydrogen-bond donors (Lipinski definition) is 1. The van der Waals surface area contributed by atoms with Crippen molar-refractivity contribution in [1.29, 1.82) is 0 Å². The maximum absolute atomic E-state index is 13.2. The smallest absolute Gasteiger partial charge is 0.277 e. The summed E-state index contributed by atoms with van der Waals surface area (Å²) in [6.07, 6.45) is 0. The quantitative estimate of drug-likeness (QED) is 0.774. The second kappa shape index (κ2) is 9.51. The second-order valence-corrected chi connectivity index (χ2v) is 7.57. The fraction of sp³-hybridized carbons (Fsp3) is 0.409. The molecule has 5 heteroatoms. The molecule has 146 valence electrons. The normalized spacial score (nSPS) is 12.1. The lowest BCUT2D eigenvalue weighted by Gasteiger charge is -2.22. The summed E-state index contributed by atoms with van der Waals surface area (Å²) < 4.78 is 13.2. The first-order valence-corrected chi connectivity index (χ1v) is 9.37. The standard InChI is InChI=1S/C22H30FN3O/c1-16(2)22(18-8-10-19(23)11-9-18)24-14-21(27)26(5)15-17-6-12-20(13-7-17)25(3)4/h6-13,16,22,24H,14-15H2,1-5H3/p+1/t22-/m1/s1. The first-order valence-electron chi connectivity index (χ1n) is 9.37. The summed E-state index contributed by atoms with van der Waals surface area (Å²) in [5.41, 5.74) is 3.29. The molecule has 2 N–H and O–H groups in total. The van der Waals surface area contributed by atoms with E-state index >= 15 is 0 Å². The van der Waals surface area contributed by atoms with E-state index in [4.69, 9.17) is 0 Å². The van der Waals surface area contributed by atoms with Crippen LogP contribution in [-0.2, 0) is 11.3 Å². The van der Waals surface area contributed by atoms with Gasteiger partial charge in [-0.25, -0.2) is 4.39 Å². The lowest BCUT2D eigenvalue weighted by atomic mass is 9.96. The van der Waals surface area contributed by atoms with Gasteiger partial charge in [0.2, 0.25) is 0 Å². The Balaban J connectivity index is 1.93. The fourth-order valence-electron chi connectivity index (χ4n) is 3.12. The van der Waals surface area contributed by atoms with Crippen molar-refractivity contribution in [2.75, 3.05) is 32.6 Å². The molecule has 0 heterocycles. The fourth-order valence-corrected chi connectivity index (χ4v) is 3.12. The molecular weight excluding hydrogens is 341 g/mol. The number of amides is 1.